The highest BCUT2D eigenvalue weighted by atomic mass is 127. The Hall–Kier alpha value is -1.01. The van der Waals surface area contributed by atoms with Crippen molar-refractivity contribution in [3.8, 4) is 0 Å². The predicted molar refractivity (Wildman–Crippen MR) is 74.0 cm³/mol. The number of carbonyl (C=O) groups is 1. The highest BCUT2D eigenvalue weighted by molar-refractivity contribution is 14.1. The smallest absolute Gasteiger partial charge is 0.193 e. The van der Waals surface area contributed by atoms with Crippen molar-refractivity contribution in [1.29, 1.82) is 0 Å². The van der Waals surface area contributed by atoms with Crippen LogP contribution in [-0.4, -0.2) is 5.78 Å². The highest BCUT2D eigenvalue weighted by Crippen LogP contribution is 2.21. The Labute approximate surface area is 121 Å². The molecule has 1 nitrogen and oxygen atoms in total. The van der Waals surface area contributed by atoms with E-state index in [0.717, 1.165) is 15.7 Å². The van der Waals surface area contributed by atoms with E-state index in [-0.39, 0.29) is 5.56 Å². The summed E-state index contributed by atoms with van der Waals surface area (Å²) in [4.78, 5) is 12.0. The van der Waals surface area contributed by atoms with Crippen molar-refractivity contribution >= 4 is 40.0 Å². The first-order valence-corrected chi connectivity index (χ1v) is 6.39. The van der Waals surface area contributed by atoms with Crippen LogP contribution in [0.4, 0.5) is 8.78 Å². The van der Waals surface area contributed by atoms with Crippen LogP contribution in [0.5, 0.6) is 0 Å². The van der Waals surface area contributed by atoms with E-state index < -0.39 is 17.4 Å². The van der Waals surface area contributed by atoms with Gasteiger partial charge in [-0.25, -0.2) is 8.78 Å². The summed E-state index contributed by atoms with van der Waals surface area (Å²) in [6, 6.07) is 7.84. The summed E-state index contributed by atoms with van der Waals surface area (Å²) in [5.41, 5.74) is 0.428. The normalized spacial score (nSPS) is 10.4. The van der Waals surface area contributed by atoms with Gasteiger partial charge in [0, 0.05) is 14.7 Å². The number of hydrogen-bond acceptors (Lipinski definition) is 1. The molecule has 5 heteroatoms. The fraction of sp³-hybridized carbons (Fsp3) is 0. The van der Waals surface area contributed by atoms with E-state index in [4.69, 9.17) is 11.6 Å². The molecule has 2 aromatic rings. The van der Waals surface area contributed by atoms with E-state index >= 15 is 0 Å². The third-order valence-electron chi connectivity index (χ3n) is 2.36. The lowest BCUT2D eigenvalue weighted by molar-refractivity contribution is 0.103. The molecule has 0 saturated carbocycles. The Kier molecular flexibility index (Phi) is 3.97. The Morgan fingerprint density at radius 1 is 1.00 bits per heavy atom. The number of hydrogen-bond donors (Lipinski definition) is 0. The minimum atomic E-state index is -1.04. The van der Waals surface area contributed by atoms with Crippen LogP contribution in [0, 0.1) is 15.2 Å². The molecule has 92 valence electrons. The van der Waals surface area contributed by atoms with E-state index in [1.54, 1.807) is 12.1 Å². The molecule has 2 rings (SSSR count). The maximum Gasteiger partial charge on any atom is 0.193 e. The molecule has 0 fully saturated rings. The van der Waals surface area contributed by atoms with Crippen LogP contribution in [0.25, 0.3) is 0 Å². The van der Waals surface area contributed by atoms with Gasteiger partial charge in [0.1, 0.15) is 0 Å². The van der Waals surface area contributed by atoms with E-state index in [1.807, 2.05) is 22.6 Å². The van der Waals surface area contributed by atoms with Crippen LogP contribution < -0.4 is 0 Å². The van der Waals surface area contributed by atoms with E-state index in [0.29, 0.717) is 10.6 Å². The SMILES string of the molecule is O=C(c1ccc(F)c(F)c1)c1ccc(I)c(Cl)c1. The molecule has 0 N–H and O–H groups in total. The molecule has 0 heterocycles. The molecule has 0 aromatic heterocycles. The monoisotopic (exact) mass is 378 g/mol. The van der Waals surface area contributed by atoms with Crippen LogP contribution in [0.3, 0.4) is 0 Å². The van der Waals surface area contributed by atoms with Gasteiger partial charge in [0.15, 0.2) is 17.4 Å². The standard InChI is InChI=1S/C13H6ClF2IO/c14-9-5-7(2-4-12(9)17)13(18)8-1-3-10(15)11(16)6-8/h1-6H. The Morgan fingerprint density at radius 2 is 1.61 bits per heavy atom. The lowest BCUT2D eigenvalue weighted by atomic mass is 10.0. The maximum absolute atomic E-state index is 13.0. The molecule has 2 aromatic carbocycles. The van der Waals surface area contributed by atoms with Gasteiger partial charge < -0.3 is 0 Å². The summed E-state index contributed by atoms with van der Waals surface area (Å²) >= 11 is 7.94. The van der Waals surface area contributed by atoms with Crippen molar-refractivity contribution in [2.24, 2.45) is 0 Å². The summed E-state index contributed by atoms with van der Waals surface area (Å²) in [6.07, 6.45) is 0. The largest absolute Gasteiger partial charge is 0.289 e. The fourth-order valence-electron chi connectivity index (χ4n) is 1.44. The molecule has 0 unspecified atom stereocenters. The minimum Gasteiger partial charge on any atom is -0.289 e. The number of rotatable bonds is 2. The molecular weight excluding hydrogens is 372 g/mol. The zero-order chi connectivity index (χ0) is 13.3. The summed E-state index contributed by atoms with van der Waals surface area (Å²) in [7, 11) is 0. The first-order chi connectivity index (χ1) is 8.49. The van der Waals surface area contributed by atoms with Crippen LogP contribution in [0.2, 0.25) is 5.02 Å². The van der Waals surface area contributed by atoms with Gasteiger partial charge >= 0.3 is 0 Å². The van der Waals surface area contributed by atoms with Crippen molar-refractivity contribution in [2.45, 2.75) is 0 Å². The van der Waals surface area contributed by atoms with Crippen LogP contribution in [-0.2, 0) is 0 Å². The van der Waals surface area contributed by atoms with Gasteiger partial charge in [-0.05, 0) is 59.0 Å². The topological polar surface area (TPSA) is 17.1 Å². The molecule has 18 heavy (non-hydrogen) atoms. The fourth-order valence-corrected chi connectivity index (χ4v) is 1.96. The number of halogens is 4. The number of ketones is 1. The summed E-state index contributed by atoms with van der Waals surface area (Å²) in [5, 5.41) is 0.448. The van der Waals surface area contributed by atoms with Gasteiger partial charge in [0.25, 0.3) is 0 Å². The van der Waals surface area contributed by atoms with Gasteiger partial charge in [-0.3, -0.25) is 4.79 Å². The zero-order valence-corrected chi connectivity index (χ0v) is 11.8. The molecule has 0 aliphatic rings. The average molecular weight is 379 g/mol. The summed E-state index contributed by atoms with van der Waals surface area (Å²) in [6.45, 7) is 0. The van der Waals surface area contributed by atoms with E-state index in [9.17, 15) is 13.6 Å². The summed E-state index contributed by atoms with van der Waals surface area (Å²) < 4.78 is 26.6. The van der Waals surface area contributed by atoms with E-state index in [1.165, 1.54) is 12.1 Å². The Morgan fingerprint density at radius 3 is 2.22 bits per heavy atom. The van der Waals surface area contributed by atoms with Crippen LogP contribution >= 0.6 is 34.2 Å². The lowest BCUT2D eigenvalue weighted by Crippen LogP contribution is -2.02. The minimum absolute atomic E-state index is 0.0891. The second kappa shape index (κ2) is 5.32. The predicted octanol–water partition coefficient (Wildman–Crippen LogP) is 4.45. The molecule has 0 saturated heterocycles. The summed E-state index contributed by atoms with van der Waals surface area (Å²) in [5.74, 6) is -2.42. The maximum atomic E-state index is 13.0. The van der Waals surface area contributed by atoms with Gasteiger partial charge in [-0.15, -0.1) is 0 Å². The van der Waals surface area contributed by atoms with Gasteiger partial charge in [-0.2, -0.15) is 0 Å². The molecule has 0 amide bonds. The molecular formula is C13H6ClF2IO. The molecule has 0 aliphatic heterocycles. The van der Waals surface area contributed by atoms with Gasteiger partial charge in [0.2, 0.25) is 0 Å². The second-order valence-electron chi connectivity index (χ2n) is 3.59. The first-order valence-electron chi connectivity index (χ1n) is 4.94. The lowest BCUT2D eigenvalue weighted by Gasteiger charge is -2.03. The van der Waals surface area contributed by atoms with Crippen molar-refractivity contribution in [3.63, 3.8) is 0 Å². The van der Waals surface area contributed by atoms with Gasteiger partial charge in [0.05, 0.1) is 5.02 Å². The molecule has 0 bridgehead atoms. The second-order valence-corrected chi connectivity index (χ2v) is 5.16. The van der Waals surface area contributed by atoms with Crippen molar-refractivity contribution in [1.82, 2.24) is 0 Å². The molecule has 0 radical (unpaired) electrons. The van der Waals surface area contributed by atoms with Crippen molar-refractivity contribution in [2.75, 3.05) is 0 Å². The van der Waals surface area contributed by atoms with Crippen LogP contribution in [0.1, 0.15) is 15.9 Å². The van der Waals surface area contributed by atoms with Crippen molar-refractivity contribution in [3.05, 3.63) is 67.8 Å². The van der Waals surface area contributed by atoms with Gasteiger partial charge in [-0.1, -0.05) is 11.6 Å². The first kappa shape index (κ1) is 13.4. The highest BCUT2D eigenvalue weighted by Gasteiger charge is 2.13. The third kappa shape index (κ3) is 2.70. The molecule has 0 aliphatic carbocycles. The van der Waals surface area contributed by atoms with Crippen LogP contribution in [0.15, 0.2) is 36.4 Å². The van der Waals surface area contributed by atoms with Crippen molar-refractivity contribution < 1.29 is 13.6 Å². The number of carbonyl (C=O) groups excluding carboxylic acids is 1. The quantitative estimate of drug-likeness (QED) is 0.557. The molecule has 0 spiro atoms. The third-order valence-corrected chi connectivity index (χ3v) is 3.94. The molecule has 0 atom stereocenters. The zero-order valence-electron chi connectivity index (χ0n) is 8.88. The Bertz CT molecular complexity index is 575. The van der Waals surface area contributed by atoms with E-state index in [2.05, 4.69) is 0 Å². The Balaban J connectivity index is 2.41. The average Bonchev–Trinajstić information content (AvgIpc) is 2.35. The number of benzene rings is 2.